The normalized spacial score (nSPS) is 9.94. The maximum Gasteiger partial charge on any atom is 0.346 e. The van der Waals surface area contributed by atoms with Crippen molar-refractivity contribution in [3.63, 3.8) is 0 Å². The Morgan fingerprint density at radius 3 is 2.22 bits per heavy atom. The molecule has 0 atom stereocenters. The summed E-state index contributed by atoms with van der Waals surface area (Å²) in [5, 5.41) is 0. The van der Waals surface area contributed by atoms with E-state index in [9.17, 15) is 14.4 Å². The van der Waals surface area contributed by atoms with Gasteiger partial charge in [0, 0.05) is 0 Å². The van der Waals surface area contributed by atoms with Crippen LogP contribution in [-0.4, -0.2) is 25.0 Å². The molecule has 0 fully saturated rings. The standard InChI is InChI=1S/C13H14O5/c1-9(2)7-17-12(15)10-5-3-4-6-11(10)13(16)18-8-14/h3-6,8-9H,7H2,1-2H3. The summed E-state index contributed by atoms with van der Waals surface area (Å²) in [5.74, 6) is -1.28. The largest absolute Gasteiger partial charge is 0.462 e. The second-order valence-electron chi connectivity index (χ2n) is 4.04. The molecule has 1 aromatic carbocycles. The van der Waals surface area contributed by atoms with Gasteiger partial charge in [-0.15, -0.1) is 0 Å². The predicted octanol–water partition coefficient (Wildman–Crippen LogP) is 1.81. The average Bonchev–Trinajstić information content (AvgIpc) is 2.36. The molecule has 0 spiro atoms. The average molecular weight is 250 g/mol. The van der Waals surface area contributed by atoms with Crippen molar-refractivity contribution in [2.75, 3.05) is 6.61 Å². The lowest BCUT2D eigenvalue weighted by atomic mass is 10.1. The Hall–Kier alpha value is -2.17. The van der Waals surface area contributed by atoms with Gasteiger partial charge in [-0.1, -0.05) is 26.0 Å². The molecule has 0 radical (unpaired) electrons. The third-order valence-electron chi connectivity index (χ3n) is 2.07. The monoisotopic (exact) mass is 250 g/mol. The van der Waals surface area contributed by atoms with Gasteiger partial charge in [-0.25, -0.2) is 9.59 Å². The number of rotatable bonds is 5. The fourth-order valence-electron chi connectivity index (χ4n) is 1.27. The molecule has 0 amide bonds. The molecule has 0 N–H and O–H groups in total. The van der Waals surface area contributed by atoms with Crippen LogP contribution in [0.15, 0.2) is 24.3 Å². The molecule has 0 saturated heterocycles. The van der Waals surface area contributed by atoms with E-state index in [2.05, 4.69) is 4.74 Å². The van der Waals surface area contributed by atoms with E-state index in [1.165, 1.54) is 12.1 Å². The number of benzene rings is 1. The Morgan fingerprint density at radius 2 is 1.72 bits per heavy atom. The smallest absolute Gasteiger partial charge is 0.346 e. The zero-order chi connectivity index (χ0) is 13.5. The van der Waals surface area contributed by atoms with E-state index in [0.29, 0.717) is 0 Å². The van der Waals surface area contributed by atoms with Crippen molar-refractivity contribution < 1.29 is 23.9 Å². The summed E-state index contributed by atoms with van der Waals surface area (Å²) in [6.45, 7) is 4.09. The molecular formula is C13H14O5. The predicted molar refractivity (Wildman–Crippen MR) is 63.0 cm³/mol. The van der Waals surface area contributed by atoms with Crippen molar-refractivity contribution in [1.29, 1.82) is 0 Å². The maximum absolute atomic E-state index is 11.8. The summed E-state index contributed by atoms with van der Waals surface area (Å²) in [6.07, 6.45) is 0. The second kappa shape index (κ2) is 6.54. The lowest BCUT2D eigenvalue weighted by molar-refractivity contribution is -0.123. The van der Waals surface area contributed by atoms with Crippen LogP contribution in [0.5, 0.6) is 0 Å². The maximum atomic E-state index is 11.8. The number of hydrogen-bond donors (Lipinski definition) is 0. The number of ether oxygens (including phenoxy) is 2. The number of carbonyl (C=O) groups is 3. The Morgan fingerprint density at radius 1 is 1.17 bits per heavy atom. The van der Waals surface area contributed by atoms with Gasteiger partial charge in [-0.2, -0.15) is 0 Å². The number of carbonyl (C=O) groups excluding carboxylic acids is 3. The zero-order valence-electron chi connectivity index (χ0n) is 10.2. The summed E-state index contributed by atoms with van der Waals surface area (Å²) >= 11 is 0. The Balaban J connectivity index is 2.91. The van der Waals surface area contributed by atoms with Crippen molar-refractivity contribution >= 4 is 18.4 Å². The highest BCUT2D eigenvalue weighted by Gasteiger charge is 2.18. The van der Waals surface area contributed by atoms with Gasteiger partial charge < -0.3 is 9.47 Å². The lowest BCUT2D eigenvalue weighted by Gasteiger charge is -2.09. The molecule has 5 heteroatoms. The van der Waals surface area contributed by atoms with Crippen molar-refractivity contribution in [1.82, 2.24) is 0 Å². The summed E-state index contributed by atoms with van der Waals surface area (Å²) in [4.78, 5) is 33.3. The molecule has 0 bridgehead atoms. The van der Waals surface area contributed by atoms with Crippen molar-refractivity contribution in [2.24, 2.45) is 5.92 Å². The van der Waals surface area contributed by atoms with E-state index < -0.39 is 11.9 Å². The molecule has 0 aliphatic rings. The summed E-state index contributed by atoms with van der Waals surface area (Å²) in [5.41, 5.74) is 0.100. The zero-order valence-corrected chi connectivity index (χ0v) is 10.2. The van der Waals surface area contributed by atoms with E-state index in [-0.39, 0.29) is 30.1 Å². The highest BCUT2D eigenvalue weighted by molar-refractivity contribution is 6.04. The molecule has 96 valence electrons. The molecule has 0 aliphatic heterocycles. The van der Waals surface area contributed by atoms with E-state index in [1.807, 2.05) is 13.8 Å². The van der Waals surface area contributed by atoms with Gasteiger partial charge >= 0.3 is 18.4 Å². The Kier molecular flexibility index (Phi) is 5.05. The first kappa shape index (κ1) is 13.9. The van der Waals surface area contributed by atoms with Gasteiger partial charge in [0.25, 0.3) is 0 Å². The van der Waals surface area contributed by atoms with Gasteiger partial charge in [-0.3, -0.25) is 4.79 Å². The van der Waals surface area contributed by atoms with Crippen LogP contribution in [0.3, 0.4) is 0 Å². The Labute approximate surface area is 105 Å². The topological polar surface area (TPSA) is 69.7 Å². The highest BCUT2D eigenvalue weighted by Crippen LogP contribution is 2.12. The van der Waals surface area contributed by atoms with Gasteiger partial charge in [0.2, 0.25) is 0 Å². The number of esters is 2. The highest BCUT2D eigenvalue weighted by atomic mass is 16.6. The van der Waals surface area contributed by atoms with Crippen LogP contribution in [0.1, 0.15) is 34.6 Å². The van der Waals surface area contributed by atoms with Crippen molar-refractivity contribution in [3.05, 3.63) is 35.4 Å². The second-order valence-corrected chi connectivity index (χ2v) is 4.04. The van der Waals surface area contributed by atoms with Crippen LogP contribution in [0.25, 0.3) is 0 Å². The Bertz CT molecular complexity index is 450. The van der Waals surface area contributed by atoms with Crippen LogP contribution in [0.4, 0.5) is 0 Å². The molecule has 0 aromatic heterocycles. The summed E-state index contributed by atoms with van der Waals surface area (Å²) in [6, 6.07) is 6.02. The molecule has 18 heavy (non-hydrogen) atoms. The minimum Gasteiger partial charge on any atom is -0.462 e. The first-order valence-electron chi connectivity index (χ1n) is 5.47. The van der Waals surface area contributed by atoms with E-state index in [4.69, 9.17) is 4.74 Å². The summed E-state index contributed by atoms with van der Waals surface area (Å²) < 4.78 is 9.24. The molecular weight excluding hydrogens is 236 g/mol. The third-order valence-corrected chi connectivity index (χ3v) is 2.07. The molecule has 0 aliphatic carbocycles. The van der Waals surface area contributed by atoms with Gasteiger partial charge in [0.1, 0.15) is 0 Å². The molecule has 1 rings (SSSR count). The quantitative estimate of drug-likeness (QED) is 0.453. The van der Waals surface area contributed by atoms with Crippen LogP contribution in [0.2, 0.25) is 0 Å². The number of hydrogen-bond acceptors (Lipinski definition) is 5. The summed E-state index contributed by atoms with van der Waals surface area (Å²) in [7, 11) is 0. The van der Waals surface area contributed by atoms with E-state index in [1.54, 1.807) is 12.1 Å². The molecule has 0 unspecified atom stereocenters. The molecule has 5 nitrogen and oxygen atoms in total. The molecule has 1 aromatic rings. The van der Waals surface area contributed by atoms with Crippen LogP contribution in [0, 0.1) is 5.92 Å². The van der Waals surface area contributed by atoms with Gasteiger partial charge in [0.15, 0.2) is 0 Å². The SMILES string of the molecule is CC(C)COC(=O)c1ccccc1C(=O)OC=O. The fourth-order valence-corrected chi connectivity index (χ4v) is 1.27. The van der Waals surface area contributed by atoms with Crippen LogP contribution in [-0.2, 0) is 14.3 Å². The van der Waals surface area contributed by atoms with Crippen LogP contribution < -0.4 is 0 Å². The third kappa shape index (κ3) is 3.69. The van der Waals surface area contributed by atoms with Gasteiger partial charge in [0.05, 0.1) is 17.7 Å². The minimum atomic E-state index is -0.873. The van der Waals surface area contributed by atoms with Crippen molar-refractivity contribution in [2.45, 2.75) is 13.8 Å². The minimum absolute atomic E-state index is 0.0124. The molecule has 0 saturated carbocycles. The van der Waals surface area contributed by atoms with E-state index >= 15 is 0 Å². The first-order chi connectivity index (χ1) is 8.56. The fraction of sp³-hybridized carbons (Fsp3) is 0.308. The lowest BCUT2D eigenvalue weighted by Crippen LogP contribution is -2.15. The van der Waals surface area contributed by atoms with E-state index in [0.717, 1.165) is 0 Å². The first-order valence-corrected chi connectivity index (χ1v) is 5.47. The van der Waals surface area contributed by atoms with Crippen molar-refractivity contribution in [3.8, 4) is 0 Å². The molecule has 0 heterocycles. The van der Waals surface area contributed by atoms with Crippen LogP contribution >= 0.6 is 0 Å². The van der Waals surface area contributed by atoms with Gasteiger partial charge in [-0.05, 0) is 18.1 Å².